The highest BCUT2D eigenvalue weighted by Gasteiger charge is 2.34. The Balaban J connectivity index is 1.72. The molecule has 1 N–H and O–H groups in total. The molecule has 224 valence electrons. The Hall–Kier alpha value is -2.78. The third kappa shape index (κ3) is 7.78. The number of halogens is 3. The third-order valence-electron chi connectivity index (χ3n) is 7.43. The summed E-state index contributed by atoms with van der Waals surface area (Å²) in [5, 5.41) is 4.20. The average Bonchev–Trinajstić information content (AvgIpc) is 3.47. The zero-order valence-electron chi connectivity index (χ0n) is 23.5. The zero-order valence-corrected chi connectivity index (χ0v) is 26.6. The number of rotatable bonds is 11. The molecule has 0 aromatic heterocycles. The summed E-state index contributed by atoms with van der Waals surface area (Å²) in [6.45, 7) is 3.19. The molecule has 3 aromatic rings. The van der Waals surface area contributed by atoms with Crippen molar-refractivity contribution in [2.45, 2.75) is 69.5 Å². The molecule has 1 aliphatic carbocycles. The Morgan fingerprint density at radius 2 is 1.57 bits per heavy atom. The number of hydrogen-bond donors (Lipinski definition) is 1. The monoisotopic (exact) mass is 649 g/mol. The van der Waals surface area contributed by atoms with E-state index in [-0.39, 0.29) is 29.1 Å². The molecular formula is C31H34Cl3N3O4S. The molecule has 0 aliphatic heterocycles. The van der Waals surface area contributed by atoms with Crippen molar-refractivity contribution in [3.8, 4) is 0 Å². The number of hydrogen-bond acceptors (Lipinski definition) is 4. The summed E-state index contributed by atoms with van der Waals surface area (Å²) in [7, 11) is -4.17. The summed E-state index contributed by atoms with van der Waals surface area (Å²) in [6.07, 6.45) is 4.20. The number of benzene rings is 3. The van der Waals surface area contributed by atoms with Gasteiger partial charge < -0.3 is 10.2 Å². The molecular weight excluding hydrogens is 617 g/mol. The number of carbonyl (C=O) groups is 2. The quantitative estimate of drug-likeness (QED) is 0.242. The van der Waals surface area contributed by atoms with Crippen LogP contribution in [-0.4, -0.2) is 43.8 Å². The van der Waals surface area contributed by atoms with E-state index in [9.17, 15) is 18.0 Å². The van der Waals surface area contributed by atoms with Gasteiger partial charge in [-0.25, -0.2) is 8.42 Å². The summed E-state index contributed by atoms with van der Waals surface area (Å²) in [5.74, 6) is -0.808. The molecule has 1 fully saturated rings. The lowest BCUT2D eigenvalue weighted by Gasteiger charge is -2.34. The summed E-state index contributed by atoms with van der Waals surface area (Å²) < 4.78 is 28.9. The lowest BCUT2D eigenvalue weighted by atomic mass is 10.1. The molecule has 42 heavy (non-hydrogen) atoms. The lowest BCUT2D eigenvalue weighted by Crippen LogP contribution is -2.53. The van der Waals surface area contributed by atoms with E-state index in [0.717, 1.165) is 35.6 Å². The van der Waals surface area contributed by atoms with Crippen LogP contribution in [0.15, 0.2) is 71.6 Å². The Labute approximate surface area is 262 Å². The van der Waals surface area contributed by atoms with Crippen LogP contribution in [0.1, 0.15) is 50.2 Å². The van der Waals surface area contributed by atoms with Crippen LogP contribution in [0.4, 0.5) is 5.69 Å². The van der Waals surface area contributed by atoms with Crippen LogP contribution in [0, 0.1) is 6.92 Å². The molecule has 0 saturated heterocycles. The average molecular weight is 651 g/mol. The molecule has 0 bridgehead atoms. The molecule has 4 rings (SSSR count). The van der Waals surface area contributed by atoms with Gasteiger partial charge in [0.25, 0.3) is 10.0 Å². The van der Waals surface area contributed by atoms with Gasteiger partial charge in [0.05, 0.1) is 20.6 Å². The number of nitrogens with zero attached hydrogens (tertiary/aromatic N) is 2. The van der Waals surface area contributed by atoms with Crippen LogP contribution < -0.4 is 9.62 Å². The van der Waals surface area contributed by atoms with Gasteiger partial charge in [0.15, 0.2) is 0 Å². The van der Waals surface area contributed by atoms with Crippen LogP contribution in [0.25, 0.3) is 0 Å². The zero-order chi connectivity index (χ0) is 30.4. The maximum atomic E-state index is 14.2. The van der Waals surface area contributed by atoms with Crippen LogP contribution in [-0.2, 0) is 26.2 Å². The van der Waals surface area contributed by atoms with Crippen molar-refractivity contribution in [2.24, 2.45) is 0 Å². The third-order valence-corrected chi connectivity index (χ3v) is 10.2. The molecule has 1 saturated carbocycles. The SMILES string of the molecule is CC[C@H](C(=O)NC1CCCC1)N(Cc1ccc(Cl)c(Cl)c1)C(=O)CN(c1ccc(Cl)cc1)S(=O)(=O)c1ccc(C)cc1. The Kier molecular flexibility index (Phi) is 10.8. The highest BCUT2D eigenvalue weighted by Crippen LogP contribution is 2.28. The highest BCUT2D eigenvalue weighted by molar-refractivity contribution is 7.92. The van der Waals surface area contributed by atoms with Crippen molar-refractivity contribution in [3.05, 3.63) is 92.9 Å². The number of sulfonamides is 1. The van der Waals surface area contributed by atoms with Crippen molar-refractivity contribution in [2.75, 3.05) is 10.8 Å². The first-order valence-electron chi connectivity index (χ1n) is 13.9. The first-order chi connectivity index (χ1) is 20.0. The molecule has 2 amide bonds. The largest absolute Gasteiger partial charge is 0.352 e. The van der Waals surface area contributed by atoms with Crippen LogP contribution >= 0.6 is 34.8 Å². The van der Waals surface area contributed by atoms with Gasteiger partial charge in [-0.1, -0.05) is 78.3 Å². The summed E-state index contributed by atoms with van der Waals surface area (Å²) >= 11 is 18.5. The molecule has 0 heterocycles. The normalized spacial score (nSPS) is 14.4. The Morgan fingerprint density at radius 3 is 2.17 bits per heavy atom. The van der Waals surface area contributed by atoms with Gasteiger partial charge in [-0.15, -0.1) is 0 Å². The molecule has 11 heteroatoms. The van der Waals surface area contributed by atoms with Crippen LogP contribution in [0.5, 0.6) is 0 Å². The number of carbonyl (C=O) groups excluding carboxylic acids is 2. The predicted octanol–water partition coefficient (Wildman–Crippen LogP) is 7.02. The molecule has 1 aliphatic rings. The molecule has 0 unspecified atom stereocenters. The second kappa shape index (κ2) is 14.1. The first kappa shape index (κ1) is 32.1. The van der Waals surface area contributed by atoms with Crippen LogP contribution in [0.2, 0.25) is 15.1 Å². The second-order valence-corrected chi connectivity index (χ2v) is 13.6. The second-order valence-electron chi connectivity index (χ2n) is 10.5. The smallest absolute Gasteiger partial charge is 0.264 e. The predicted molar refractivity (Wildman–Crippen MR) is 169 cm³/mol. The molecule has 1 atom stereocenters. The van der Waals surface area contributed by atoms with E-state index in [4.69, 9.17) is 34.8 Å². The molecule has 7 nitrogen and oxygen atoms in total. The fourth-order valence-electron chi connectivity index (χ4n) is 5.10. The van der Waals surface area contributed by atoms with Gasteiger partial charge in [0, 0.05) is 17.6 Å². The summed E-state index contributed by atoms with van der Waals surface area (Å²) in [4.78, 5) is 29.2. The maximum absolute atomic E-state index is 14.2. The Morgan fingerprint density at radius 1 is 0.929 bits per heavy atom. The molecule has 0 spiro atoms. The fourth-order valence-corrected chi connectivity index (χ4v) is 6.96. The van der Waals surface area contributed by atoms with Crippen LogP contribution in [0.3, 0.4) is 0 Å². The maximum Gasteiger partial charge on any atom is 0.264 e. The van der Waals surface area contributed by atoms with Gasteiger partial charge in [0.2, 0.25) is 11.8 Å². The van der Waals surface area contributed by atoms with E-state index in [1.807, 2.05) is 13.8 Å². The van der Waals surface area contributed by atoms with Crippen molar-refractivity contribution in [1.29, 1.82) is 0 Å². The van der Waals surface area contributed by atoms with Gasteiger partial charge in [0.1, 0.15) is 12.6 Å². The number of aryl methyl sites for hydroxylation is 1. The Bertz CT molecular complexity index is 1510. The molecule has 0 radical (unpaired) electrons. The van der Waals surface area contributed by atoms with Crippen molar-refractivity contribution in [3.63, 3.8) is 0 Å². The topological polar surface area (TPSA) is 86.8 Å². The van der Waals surface area contributed by atoms with E-state index in [1.165, 1.54) is 17.0 Å². The summed E-state index contributed by atoms with van der Waals surface area (Å²) in [5.41, 5.74) is 1.82. The number of anilines is 1. The van der Waals surface area contributed by atoms with Gasteiger partial charge in [-0.2, -0.15) is 0 Å². The van der Waals surface area contributed by atoms with E-state index in [1.54, 1.807) is 54.6 Å². The molecule has 3 aromatic carbocycles. The van der Waals surface area contributed by atoms with Crippen molar-refractivity contribution >= 4 is 62.3 Å². The number of amides is 2. The fraction of sp³-hybridized carbons (Fsp3) is 0.355. The highest BCUT2D eigenvalue weighted by atomic mass is 35.5. The van der Waals surface area contributed by atoms with Gasteiger partial charge >= 0.3 is 0 Å². The van der Waals surface area contributed by atoms with Gasteiger partial charge in [-0.3, -0.25) is 13.9 Å². The van der Waals surface area contributed by atoms with Crippen molar-refractivity contribution in [1.82, 2.24) is 10.2 Å². The number of nitrogens with one attached hydrogen (secondary N) is 1. The van der Waals surface area contributed by atoms with Crippen molar-refractivity contribution < 1.29 is 18.0 Å². The minimum absolute atomic E-state index is 0.0331. The lowest BCUT2D eigenvalue weighted by molar-refractivity contribution is -0.140. The van der Waals surface area contributed by atoms with E-state index < -0.39 is 28.5 Å². The van der Waals surface area contributed by atoms with E-state index in [0.29, 0.717) is 27.1 Å². The van der Waals surface area contributed by atoms with Gasteiger partial charge in [-0.05, 0) is 80.3 Å². The van der Waals surface area contributed by atoms with E-state index >= 15 is 0 Å². The standard InChI is InChI=1S/C31H34Cl3N3O4S/c1-3-29(31(39)35-24-6-4-5-7-24)36(19-22-10-17-27(33)28(34)18-22)30(38)20-37(25-13-11-23(32)12-14-25)42(40,41)26-15-8-21(2)9-16-26/h8-18,24,29H,3-7,19-20H2,1-2H3,(H,35,39)/t29-/m1/s1. The minimum atomic E-state index is -4.17. The minimum Gasteiger partial charge on any atom is -0.352 e. The first-order valence-corrected chi connectivity index (χ1v) is 16.5. The summed E-state index contributed by atoms with van der Waals surface area (Å²) in [6, 6.07) is 16.9. The van der Waals surface area contributed by atoms with E-state index in [2.05, 4.69) is 5.32 Å².